The second-order valence-corrected chi connectivity index (χ2v) is 7.23. The molecule has 2 fully saturated rings. The van der Waals surface area contributed by atoms with Crippen molar-refractivity contribution in [2.75, 3.05) is 39.8 Å². The number of carbonyl (C=O) groups excluding carboxylic acids is 1. The van der Waals surface area contributed by atoms with Gasteiger partial charge in [-0.2, -0.15) is 0 Å². The van der Waals surface area contributed by atoms with Gasteiger partial charge in [0.05, 0.1) is 7.11 Å². The van der Waals surface area contributed by atoms with Crippen molar-refractivity contribution < 1.29 is 19.4 Å². The normalized spacial score (nSPS) is 25.1. The number of carboxylic acids is 1. The van der Waals surface area contributed by atoms with Crippen LogP contribution < -0.4 is 4.74 Å². The van der Waals surface area contributed by atoms with Gasteiger partial charge in [0.15, 0.2) is 0 Å². The van der Waals surface area contributed by atoms with Crippen LogP contribution >= 0.6 is 0 Å². The largest absolute Gasteiger partial charge is 0.496 e. The van der Waals surface area contributed by atoms with Crippen LogP contribution in [0.15, 0.2) is 36.9 Å². The van der Waals surface area contributed by atoms with E-state index in [0.717, 1.165) is 11.3 Å². The molecule has 2 aliphatic rings. The van der Waals surface area contributed by atoms with E-state index in [2.05, 4.69) is 11.5 Å². The molecule has 2 aliphatic heterocycles. The number of hydrogen-bond donors (Lipinski definition) is 1. The van der Waals surface area contributed by atoms with Crippen LogP contribution in [0.5, 0.6) is 5.75 Å². The van der Waals surface area contributed by atoms with E-state index in [9.17, 15) is 14.7 Å². The van der Waals surface area contributed by atoms with Gasteiger partial charge in [0, 0.05) is 45.1 Å². The highest BCUT2D eigenvalue weighted by molar-refractivity contribution is 5.82. The van der Waals surface area contributed by atoms with Gasteiger partial charge in [-0.25, -0.2) is 0 Å². The molecule has 2 atom stereocenters. The third kappa shape index (κ3) is 3.33. The molecule has 0 saturated carbocycles. The number of rotatable bonds is 7. The molecule has 0 spiro atoms. The number of fused-ring (bicyclic) bond motifs is 1. The minimum atomic E-state index is -0.844. The Kier molecular flexibility index (Phi) is 5.32. The lowest BCUT2D eigenvalue weighted by Crippen LogP contribution is -2.42. The van der Waals surface area contributed by atoms with E-state index in [0.29, 0.717) is 45.6 Å². The number of carboxylic acid groups (broad SMARTS) is 1. The summed E-state index contributed by atoms with van der Waals surface area (Å²) in [5.41, 5.74) is 0.149. The molecule has 1 N–H and O–H groups in total. The van der Waals surface area contributed by atoms with E-state index in [1.54, 1.807) is 18.1 Å². The summed E-state index contributed by atoms with van der Waals surface area (Å²) in [6, 6.07) is 7.66. The molecule has 6 heteroatoms. The van der Waals surface area contributed by atoms with Crippen molar-refractivity contribution in [2.24, 2.45) is 11.3 Å². The number of para-hydroxylation sites is 1. The summed E-state index contributed by atoms with van der Waals surface area (Å²) in [4.78, 5) is 28.5. The topological polar surface area (TPSA) is 70.1 Å². The first-order chi connectivity index (χ1) is 12.5. The Balaban J connectivity index is 1.64. The van der Waals surface area contributed by atoms with Crippen LogP contribution in [0.4, 0.5) is 0 Å². The number of carbonyl (C=O) groups is 2. The third-order valence-corrected chi connectivity index (χ3v) is 5.65. The number of aliphatic carboxylic acids is 1. The first-order valence-corrected chi connectivity index (χ1v) is 8.96. The minimum Gasteiger partial charge on any atom is -0.496 e. The zero-order valence-electron chi connectivity index (χ0n) is 15.2. The lowest BCUT2D eigenvalue weighted by Gasteiger charge is -2.25. The molecule has 140 valence electrons. The number of methoxy groups -OCH3 is 1. The van der Waals surface area contributed by atoms with E-state index < -0.39 is 11.4 Å². The van der Waals surface area contributed by atoms with Crippen molar-refractivity contribution in [1.29, 1.82) is 0 Å². The first-order valence-electron chi connectivity index (χ1n) is 8.96. The number of amides is 1. The average molecular weight is 358 g/mol. The molecule has 0 bridgehead atoms. The van der Waals surface area contributed by atoms with Gasteiger partial charge >= 0.3 is 5.97 Å². The Labute approximate surface area is 154 Å². The minimum absolute atomic E-state index is 0.0150. The molecule has 26 heavy (non-hydrogen) atoms. The summed E-state index contributed by atoms with van der Waals surface area (Å²) >= 11 is 0. The second kappa shape index (κ2) is 7.50. The molecule has 0 aliphatic carbocycles. The Hall–Kier alpha value is -2.34. The molecule has 0 unspecified atom stereocenters. The third-order valence-electron chi connectivity index (χ3n) is 5.65. The number of aryl methyl sites for hydroxylation is 1. The predicted octanol–water partition coefficient (Wildman–Crippen LogP) is 1.66. The Morgan fingerprint density at radius 2 is 2.12 bits per heavy atom. The van der Waals surface area contributed by atoms with Crippen molar-refractivity contribution in [3.63, 3.8) is 0 Å². The van der Waals surface area contributed by atoms with Gasteiger partial charge in [0.25, 0.3) is 0 Å². The van der Waals surface area contributed by atoms with E-state index in [1.165, 1.54) is 0 Å². The Bertz CT molecular complexity index is 705. The smallest absolute Gasteiger partial charge is 0.313 e. The van der Waals surface area contributed by atoms with E-state index in [1.807, 2.05) is 24.3 Å². The van der Waals surface area contributed by atoms with Crippen LogP contribution in [0.3, 0.4) is 0 Å². The lowest BCUT2D eigenvalue weighted by atomic mass is 9.81. The number of nitrogens with zero attached hydrogens (tertiary/aromatic N) is 2. The molecule has 2 saturated heterocycles. The standard InChI is InChI=1S/C20H26N2O4/c1-3-10-21-11-16-12-22(14-20(16,13-21)19(24)25)18(23)9-8-15-6-4-5-7-17(15)26-2/h3-7,16H,1,8-14H2,2H3,(H,24,25)/t16-,20-/m1/s1. The molecule has 0 aromatic heterocycles. The van der Waals surface area contributed by atoms with Crippen molar-refractivity contribution in [3.05, 3.63) is 42.5 Å². The molecule has 1 aromatic rings. The van der Waals surface area contributed by atoms with Crippen LogP contribution in [-0.4, -0.2) is 66.6 Å². The maximum absolute atomic E-state index is 12.7. The van der Waals surface area contributed by atoms with Gasteiger partial charge in [-0.1, -0.05) is 24.3 Å². The molecule has 3 rings (SSSR count). The zero-order chi connectivity index (χ0) is 18.7. The number of likely N-dealkylation sites (tertiary alicyclic amines) is 2. The van der Waals surface area contributed by atoms with Crippen molar-refractivity contribution in [3.8, 4) is 5.75 Å². The van der Waals surface area contributed by atoms with Crippen molar-refractivity contribution in [1.82, 2.24) is 9.80 Å². The van der Waals surface area contributed by atoms with Gasteiger partial charge in [-0.15, -0.1) is 6.58 Å². The SMILES string of the molecule is C=CCN1C[C@@H]2CN(C(=O)CCc3ccccc3OC)C[C@]2(C(=O)O)C1. The van der Waals surface area contributed by atoms with E-state index in [-0.39, 0.29) is 11.8 Å². The molecular weight excluding hydrogens is 332 g/mol. The monoisotopic (exact) mass is 358 g/mol. The summed E-state index contributed by atoms with van der Waals surface area (Å²) in [5, 5.41) is 9.83. The van der Waals surface area contributed by atoms with Crippen LogP contribution in [0, 0.1) is 11.3 Å². The first kappa shape index (κ1) is 18.5. The quantitative estimate of drug-likeness (QED) is 0.751. The Morgan fingerprint density at radius 1 is 1.35 bits per heavy atom. The summed E-state index contributed by atoms with van der Waals surface area (Å²) in [6.07, 6.45) is 2.75. The maximum atomic E-state index is 12.7. The molecule has 6 nitrogen and oxygen atoms in total. The molecule has 0 radical (unpaired) electrons. The summed E-state index contributed by atoms with van der Waals surface area (Å²) < 4.78 is 5.33. The molecule has 1 aromatic carbocycles. The molecule has 2 heterocycles. The predicted molar refractivity (Wildman–Crippen MR) is 98.1 cm³/mol. The average Bonchev–Trinajstić information content (AvgIpc) is 3.15. The fraction of sp³-hybridized carbons (Fsp3) is 0.500. The van der Waals surface area contributed by atoms with Crippen LogP contribution in [0.1, 0.15) is 12.0 Å². The maximum Gasteiger partial charge on any atom is 0.313 e. The van der Waals surface area contributed by atoms with Gasteiger partial charge in [-0.3, -0.25) is 14.5 Å². The number of benzene rings is 1. The lowest BCUT2D eigenvalue weighted by molar-refractivity contribution is -0.149. The number of hydrogen-bond acceptors (Lipinski definition) is 4. The fourth-order valence-electron chi connectivity index (χ4n) is 4.29. The van der Waals surface area contributed by atoms with Gasteiger partial charge in [-0.05, 0) is 18.1 Å². The highest BCUT2D eigenvalue weighted by Gasteiger charge is 2.58. The highest BCUT2D eigenvalue weighted by atomic mass is 16.5. The second-order valence-electron chi connectivity index (χ2n) is 7.23. The summed E-state index contributed by atoms with van der Waals surface area (Å²) in [6.45, 7) is 6.42. The molecule has 1 amide bonds. The zero-order valence-corrected chi connectivity index (χ0v) is 15.2. The van der Waals surface area contributed by atoms with Crippen molar-refractivity contribution >= 4 is 11.9 Å². The van der Waals surface area contributed by atoms with Crippen LogP contribution in [-0.2, 0) is 16.0 Å². The fourth-order valence-corrected chi connectivity index (χ4v) is 4.29. The summed E-state index contributed by atoms with van der Waals surface area (Å²) in [7, 11) is 1.62. The van der Waals surface area contributed by atoms with E-state index in [4.69, 9.17) is 4.74 Å². The van der Waals surface area contributed by atoms with Gasteiger partial charge < -0.3 is 14.7 Å². The van der Waals surface area contributed by atoms with Crippen molar-refractivity contribution in [2.45, 2.75) is 12.8 Å². The van der Waals surface area contributed by atoms with Crippen LogP contribution in [0.25, 0.3) is 0 Å². The highest BCUT2D eigenvalue weighted by Crippen LogP contribution is 2.43. The van der Waals surface area contributed by atoms with Crippen LogP contribution in [0.2, 0.25) is 0 Å². The molecular formula is C20H26N2O4. The van der Waals surface area contributed by atoms with Gasteiger partial charge in [0.1, 0.15) is 11.2 Å². The van der Waals surface area contributed by atoms with E-state index >= 15 is 0 Å². The Morgan fingerprint density at radius 3 is 2.77 bits per heavy atom. The summed E-state index contributed by atoms with van der Waals surface area (Å²) in [5.74, 6) is -0.0221. The van der Waals surface area contributed by atoms with Gasteiger partial charge in [0.2, 0.25) is 5.91 Å². The number of ether oxygens (including phenoxy) is 1.